The minimum atomic E-state index is -4.82. The maximum Gasteiger partial charge on any atom is 0.421 e. The third kappa shape index (κ3) is 4.87. The highest BCUT2D eigenvalue weighted by Gasteiger charge is 2.56. The lowest BCUT2D eigenvalue weighted by molar-refractivity contribution is -0.272. The summed E-state index contributed by atoms with van der Waals surface area (Å²) in [5, 5.41) is 10.5. The van der Waals surface area contributed by atoms with E-state index in [1.165, 1.54) is 19.2 Å². The van der Waals surface area contributed by atoms with Gasteiger partial charge in [0.25, 0.3) is 0 Å². The molecule has 0 aliphatic rings. The molecular weight excluding hydrogens is 333 g/mol. The average molecular weight is 360 g/mol. The predicted molar refractivity (Wildman–Crippen MR) is 93.6 cm³/mol. The first-order valence-electron chi connectivity index (χ1n) is 8.18. The molecule has 0 fully saturated rings. The Bertz CT molecular complexity index is 615. The summed E-state index contributed by atoms with van der Waals surface area (Å²) in [6.07, 6.45) is -3.66. The van der Waals surface area contributed by atoms with Crippen molar-refractivity contribution in [2.24, 2.45) is 10.9 Å². The number of benzene rings is 1. The summed E-state index contributed by atoms with van der Waals surface area (Å²) in [5.41, 5.74) is -2.23. The number of rotatable bonds is 7. The fraction of sp³-hybridized carbons (Fsp3) is 0.611. The maximum atomic E-state index is 13.7. The lowest BCUT2D eigenvalue weighted by Gasteiger charge is -2.34. The summed E-state index contributed by atoms with van der Waals surface area (Å²) in [6.45, 7) is 7.64. The molecule has 0 heterocycles. The van der Waals surface area contributed by atoms with Gasteiger partial charge in [-0.3, -0.25) is 0 Å². The van der Waals surface area contributed by atoms with Crippen molar-refractivity contribution >= 4 is 12.0 Å². The summed E-state index contributed by atoms with van der Waals surface area (Å²) in [6, 6.07) is 2.75. The molecule has 1 aromatic carbocycles. The third-order valence-corrected chi connectivity index (χ3v) is 4.03. The van der Waals surface area contributed by atoms with Crippen molar-refractivity contribution < 1.29 is 23.0 Å². The number of hydrogen-bond donors (Lipinski definition) is 1. The molecule has 0 amide bonds. The summed E-state index contributed by atoms with van der Waals surface area (Å²) < 4.78 is 46.1. The van der Waals surface area contributed by atoms with Crippen molar-refractivity contribution in [1.29, 1.82) is 0 Å². The summed E-state index contributed by atoms with van der Waals surface area (Å²) in [5.74, 6) is -0.384. The topological polar surface area (TPSA) is 45.1 Å². The molecule has 1 aromatic rings. The normalized spacial score (nSPS) is 14.8. The first kappa shape index (κ1) is 21.3. The molecule has 0 radical (unpaired) electrons. The van der Waals surface area contributed by atoms with Crippen LogP contribution in [0.5, 0.6) is 5.75 Å². The van der Waals surface area contributed by atoms with Gasteiger partial charge < -0.3 is 14.7 Å². The van der Waals surface area contributed by atoms with Crippen LogP contribution in [0.3, 0.4) is 0 Å². The van der Waals surface area contributed by atoms with Crippen molar-refractivity contribution in [2.45, 2.75) is 45.9 Å². The lowest BCUT2D eigenvalue weighted by Crippen LogP contribution is -2.43. The largest absolute Gasteiger partial charge is 0.496 e. The molecule has 0 aliphatic carbocycles. The van der Waals surface area contributed by atoms with Gasteiger partial charge in [0, 0.05) is 25.2 Å². The van der Waals surface area contributed by atoms with E-state index in [2.05, 4.69) is 4.99 Å². The molecule has 0 saturated heterocycles. The Labute approximate surface area is 147 Å². The number of aliphatic imine (C=N–C) groups is 1. The Hall–Kier alpha value is -1.76. The van der Waals surface area contributed by atoms with Crippen LogP contribution in [0, 0.1) is 12.8 Å². The number of alkyl halides is 3. The highest BCUT2D eigenvalue weighted by atomic mass is 19.4. The minimum Gasteiger partial charge on any atom is -0.496 e. The molecule has 1 rings (SSSR count). The van der Waals surface area contributed by atoms with Gasteiger partial charge in [-0.1, -0.05) is 13.8 Å². The van der Waals surface area contributed by atoms with Crippen LogP contribution in [0.2, 0.25) is 0 Å². The molecule has 1 atom stereocenters. The zero-order chi connectivity index (χ0) is 19.4. The Morgan fingerprint density at radius 1 is 1.32 bits per heavy atom. The first-order valence-corrected chi connectivity index (χ1v) is 8.18. The van der Waals surface area contributed by atoms with E-state index in [0.717, 1.165) is 6.54 Å². The van der Waals surface area contributed by atoms with Crippen LogP contribution < -0.4 is 4.74 Å². The number of hydrogen-bond acceptors (Lipinski definition) is 3. The van der Waals surface area contributed by atoms with Crippen LogP contribution in [0.15, 0.2) is 17.1 Å². The molecule has 0 aliphatic heterocycles. The second kappa shape index (κ2) is 8.08. The summed E-state index contributed by atoms with van der Waals surface area (Å²) >= 11 is 0. The van der Waals surface area contributed by atoms with Gasteiger partial charge in [0.1, 0.15) is 5.75 Å². The van der Waals surface area contributed by atoms with E-state index in [0.29, 0.717) is 11.3 Å². The number of ether oxygens (including phenoxy) is 1. The molecule has 25 heavy (non-hydrogen) atoms. The predicted octanol–water partition coefficient (Wildman–Crippen LogP) is 4.41. The Morgan fingerprint density at radius 3 is 2.36 bits per heavy atom. The Kier molecular flexibility index (Phi) is 6.88. The van der Waals surface area contributed by atoms with Crippen LogP contribution in [-0.4, -0.2) is 43.2 Å². The van der Waals surface area contributed by atoms with E-state index in [9.17, 15) is 18.3 Å². The fourth-order valence-corrected chi connectivity index (χ4v) is 2.52. The van der Waals surface area contributed by atoms with Gasteiger partial charge >= 0.3 is 6.18 Å². The monoisotopic (exact) mass is 360 g/mol. The molecule has 0 saturated carbocycles. The van der Waals surface area contributed by atoms with Crippen molar-refractivity contribution in [1.82, 2.24) is 4.90 Å². The van der Waals surface area contributed by atoms with Gasteiger partial charge in [-0.25, -0.2) is 4.99 Å². The van der Waals surface area contributed by atoms with Gasteiger partial charge in [-0.15, -0.1) is 0 Å². The van der Waals surface area contributed by atoms with Crippen molar-refractivity contribution in [3.8, 4) is 5.75 Å². The van der Waals surface area contributed by atoms with E-state index in [-0.39, 0.29) is 17.2 Å². The number of halogens is 3. The quantitative estimate of drug-likeness (QED) is 0.579. The van der Waals surface area contributed by atoms with Crippen molar-refractivity contribution in [2.75, 3.05) is 20.7 Å². The van der Waals surface area contributed by atoms with E-state index >= 15 is 0 Å². The van der Waals surface area contributed by atoms with E-state index in [1.54, 1.807) is 27.1 Å². The van der Waals surface area contributed by atoms with Crippen LogP contribution in [-0.2, 0) is 5.60 Å². The maximum absolute atomic E-state index is 13.7. The van der Waals surface area contributed by atoms with Crippen molar-refractivity contribution in [3.05, 3.63) is 23.3 Å². The summed E-state index contributed by atoms with van der Waals surface area (Å²) in [7, 11) is 3.13. The third-order valence-electron chi connectivity index (χ3n) is 4.03. The molecule has 0 spiro atoms. The Morgan fingerprint density at radius 2 is 1.92 bits per heavy atom. The standard InChI is InChI=1S/C18H27F3N2O2/c1-7-23(5)11-22-15-9-16(25-6)14(8-13(15)4)17(24,10-12(2)3)18(19,20)21/h8-9,11-12,24H,7,10H2,1-6H3/b22-11+. The SMILES string of the molecule is CCN(C)/C=N/c1cc(OC)c(C(O)(CC(C)C)C(F)(F)F)cc1C. The van der Waals surface area contributed by atoms with Gasteiger partial charge in [-0.2, -0.15) is 13.2 Å². The smallest absolute Gasteiger partial charge is 0.421 e. The second-order valence-corrected chi connectivity index (χ2v) is 6.61. The van der Waals surface area contributed by atoms with E-state index in [1.807, 2.05) is 18.9 Å². The molecule has 1 unspecified atom stereocenters. The fourth-order valence-electron chi connectivity index (χ4n) is 2.52. The summed E-state index contributed by atoms with van der Waals surface area (Å²) in [4.78, 5) is 6.13. The molecule has 142 valence electrons. The van der Waals surface area contributed by atoms with Crippen LogP contribution >= 0.6 is 0 Å². The average Bonchev–Trinajstić information content (AvgIpc) is 2.51. The first-order chi connectivity index (χ1) is 11.5. The number of aliphatic hydroxyl groups is 1. The van der Waals surface area contributed by atoms with Gasteiger partial charge in [0.05, 0.1) is 19.1 Å². The highest BCUT2D eigenvalue weighted by molar-refractivity contribution is 5.65. The van der Waals surface area contributed by atoms with Crippen LogP contribution in [0.1, 0.15) is 38.3 Å². The van der Waals surface area contributed by atoms with E-state index < -0.39 is 18.2 Å². The van der Waals surface area contributed by atoms with Crippen molar-refractivity contribution in [3.63, 3.8) is 0 Å². The lowest BCUT2D eigenvalue weighted by atomic mass is 9.83. The molecule has 4 nitrogen and oxygen atoms in total. The zero-order valence-electron chi connectivity index (χ0n) is 15.6. The zero-order valence-corrected chi connectivity index (χ0v) is 15.6. The minimum absolute atomic E-state index is 0.0302. The number of aryl methyl sites for hydroxylation is 1. The van der Waals surface area contributed by atoms with Crippen LogP contribution in [0.25, 0.3) is 0 Å². The number of methoxy groups -OCH3 is 1. The van der Waals surface area contributed by atoms with Gasteiger partial charge in [-0.05, 0) is 37.8 Å². The molecular formula is C18H27F3N2O2. The molecule has 0 bridgehead atoms. The van der Waals surface area contributed by atoms with Gasteiger partial charge in [0.15, 0.2) is 5.60 Å². The Balaban J connectivity index is 3.49. The number of nitrogens with zero attached hydrogens (tertiary/aromatic N) is 2. The van der Waals surface area contributed by atoms with E-state index in [4.69, 9.17) is 4.74 Å². The van der Waals surface area contributed by atoms with Gasteiger partial charge in [0.2, 0.25) is 0 Å². The second-order valence-electron chi connectivity index (χ2n) is 6.61. The molecule has 1 N–H and O–H groups in total. The molecule has 7 heteroatoms. The van der Waals surface area contributed by atoms with Crippen LogP contribution in [0.4, 0.5) is 18.9 Å². The highest BCUT2D eigenvalue weighted by Crippen LogP contribution is 2.48. The molecule has 0 aromatic heterocycles.